The van der Waals surface area contributed by atoms with Gasteiger partial charge in [0.1, 0.15) is 5.82 Å². The molecule has 0 radical (unpaired) electrons. The average Bonchev–Trinajstić information content (AvgIpc) is 2.64. The third kappa shape index (κ3) is 7.20. The molecule has 1 atom stereocenters. The Kier molecular flexibility index (Phi) is 10.8. The summed E-state index contributed by atoms with van der Waals surface area (Å²) < 4.78 is 14.6. The Bertz CT molecular complexity index is 700. The van der Waals surface area contributed by atoms with Gasteiger partial charge in [-0.05, 0) is 35.7 Å². The summed E-state index contributed by atoms with van der Waals surface area (Å²) in [7, 11) is 1.69. The summed E-state index contributed by atoms with van der Waals surface area (Å²) in [5.74, 6) is 0.407. The molecule has 1 unspecified atom stereocenters. The molecule has 0 bridgehead atoms. The molecule has 7 heteroatoms. The molecule has 0 heterocycles. The SMILES string of the molecule is CN=C(NCCc1cc(Br)ccc1F)NCC(CO)c1ccccc1.I. The van der Waals surface area contributed by atoms with E-state index in [0.717, 1.165) is 10.0 Å². The van der Waals surface area contributed by atoms with E-state index in [4.69, 9.17) is 0 Å². The van der Waals surface area contributed by atoms with E-state index < -0.39 is 0 Å². The summed E-state index contributed by atoms with van der Waals surface area (Å²) >= 11 is 3.35. The van der Waals surface area contributed by atoms with Crippen LogP contribution in [0.2, 0.25) is 0 Å². The maximum absolute atomic E-state index is 13.7. The zero-order chi connectivity index (χ0) is 18.1. The Labute approximate surface area is 179 Å². The number of aliphatic hydroxyl groups excluding tert-OH is 1. The van der Waals surface area contributed by atoms with Crippen molar-refractivity contribution in [3.05, 3.63) is 69.9 Å². The van der Waals surface area contributed by atoms with Crippen LogP contribution in [-0.2, 0) is 6.42 Å². The van der Waals surface area contributed by atoms with E-state index in [1.165, 1.54) is 6.07 Å². The van der Waals surface area contributed by atoms with Crippen molar-refractivity contribution in [1.29, 1.82) is 0 Å². The van der Waals surface area contributed by atoms with Gasteiger partial charge in [-0.15, -0.1) is 24.0 Å². The van der Waals surface area contributed by atoms with Crippen LogP contribution in [0.15, 0.2) is 58.0 Å². The lowest BCUT2D eigenvalue weighted by molar-refractivity contribution is 0.265. The Morgan fingerprint density at radius 1 is 1.19 bits per heavy atom. The number of aliphatic imine (C=N–C) groups is 1. The molecular weight excluding hydrogens is 512 g/mol. The lowest BCUT2D eigenvalue weighted by Crippen LogP contribution is -2.40. The molecule has 0 saturated carbocycles. The van der Waals surface area contributed by atoms with Crippen molar-refractivity contribution >= 4 is 45.9 Å². The van der Waals surface area contributed by atoms with Crippen LogP contribution in [0.1, 0.15) is 17.0 Å². The number of nitrogens with zero attached hydrogens (tertiary/aromatic N) is 1. The van der Waals surface area contributed by atoms with Crippen molar-refractivity contribution in [3.63, 3.8) is 0 Å². The monoisotopic (exact) mass is 535 g/mol. The summed E-state index contributed by atoms with van der Waals surface area (Å²) in [6.07, 6.45) is 0.550. The van der Waals surface area contributed by atoms with Crippen molar-refractivity contribution in [1.82, 2.24) is 10.6 Å². The van der Waals surface area contributed by atoms with Gasteiger partial charge >= 0.3 is 0 Å². The second-order valence-corrected chi connectivity index (χ2v) is 6.57. The largest absolute Gasteiger partial charge is 0.396 e. The fourth-order valence-corrected chi connectivity index (χ4v) is 2.91. The number of rotatable bonds is 7. The summed E-state index contributed by atoms with van der Waals surface area (Å²) in [6, 6.07) is 14.8. The van der Waals surface area contributed by atoms with Gasteiger partial charge in [-0.3, -0.25) is 4.99 Å². The van der Waals surface area contributed by atoms with Crippen molar-refractivity contribution in [2.45, 2.75) is 12.3 Å². The van der Waals surface area contributed by atoms with Crippen molar-refractivity contribution < 1.29 is 9.50 Å². The topological polar surface area (TPSA) is 56.7 Å². The first-order chi connectivity index (χ1) is 12.1. The fraction of sp³-hybridized carbons (Fsp3) is 0.316. The van der Waals surface area contributed by atoms with Gasteiger partial charge in [0.15, 0.2) is 5.96 Å². The van der Waals surface area contributed by atoms with Crippen LogP contribution in [0.3, 0.4) is 0 Å². The predicted molar refractivity (Wildman–Crippen MR) is 119 cm³/mol. The second-order valence-electron chi connectivity index (χ2n) is 5.66. The Balaban J connectivity index is 0.00000338. The van der Waals surface area contributed by atoms with Gasteiger partial charge in [0, 0.05) is 30.5 Å². The quantitative estimate of drug-likeness (QED) is 0.288. The van der Waals surface area contributed by atoms with Crippen LogP contribution in [-0.4, -0.2) is 37.8 Å². The minimum absolute atomic E-state index is 0. The molecule has 0 aromatic heterocycles. The van der Waals surface area contributed by atoms with Crippen LogP contribution in [0, 0.1) is 5.82 Å². The highest BCUT2D eigenvalue weighted by molar-refractivity contribution is 14.0. The van der Waals surface area contributed by atoms with Gasteiger partial charge in [0.05, 0.1) is 6.61 Å². The van der Waals surface area contributed by atoms with Gasteiger partial charge < -0.3 is 15.7 Å². The normalized spacial score (nSPS) is 12.2. The molecule has 0 aliphatic rings. The van der Waals surface area contributed by atoms with E-state index >= 15 is 0 Å². The number of guanidine groups is 1. The van der Waals surface area contributed by atoms with Crippen molar-refractivity contribution in [2.75, 3.05) is 26.7 Å². The van der Waals surface area contributed by atoms with Gasteiger partial charge in [-0.25, -0.2) is 4.39 Å². The van der Waals surface area contributed by atoms with Gasteiger partial charge in [-0.2, -0.15) is 0 Å². The number of aliphatic hydroxyl groups is 1. The summed E-state index contributed by atoms with van der Waals surface area (Å²) in [4.78, 5) is 4.17. The summed E-state index contributed by atoms with van der Waals surface area (Å²) in [6.45, 7) is 1.17. The van der Waals surface area contributed by atoms with Crippen molar-refractivity contribution in [3.8, 4) is 0 Å². The first-order valence-corrected chi connectivity index (χ1v) is 8.97. The number of halogens is 3. The molecule has 0 saturated heterocycles. The minimum atomic E-state index is -0.211. The molecule has 0 spiro atoms. The van der Waals surface area contributed by atoms with Crippen LogP contribution in [0.25, 0.3) is 0 Å². The zero-order valence-electron chi connectivity index (χ0n) is 14.6. The third-order valence-electron chi connectivity index (χ3n) is 3.93. The average molecular weight is 536 g/mol. The maximum Gasteiger partial charge on any atom is 0.191 e. The number of benzene rings is 2. The molecule has 142 valence electrons. The van der Waals surface area contributed by atoms with Crippen molar-refractivity contribution in [2.24, 2.45) is 4.99 Å². The van der Waals surface area contributed by atoms with E-state index in [-0.39, 0.29) is 42.3 Å². The van der Waals surface area contributed by atoms with E-state index in [2.05, 4.69) is 31.6 Å². The van der Waals surface area contributed by atoms with Gasteiger partial charge in [-0.1, -0.05) is 46.3 Å². The standard InChI is InChI=1S/C19H23BrFN3O.HI/c1-22-19(23-10-9-15-11-17(20)7-8-18(15)21)24-12-16(13-25)14-5-3-2-4-6-14;/h2-8,11,16,25H,9-10,12-13H2,1H3,(H2,22,23,24);1H. The Hall–Kier alpha value is -1.19. The molecule has 26 heavy (non-hydrogen) atoms. The van der Waals surface area contributed by atoms with E-state index in [1.54, 1.807) is 19.2 Å². The van der Waals surface area contributed by atoms with Crippen LogP contribution < -0.4 is 10.6 Å². The molecule has 2 aromatic rings. The first kappa shape index (κ1) is 22.9. The first-order valence-electron chi connectivity index (χ1n) is 8.18. The number of hydrogen-bond donors (Lipinski definition) is 3. The van der Waals surface area contributed by atoms with Gasteiger partial charge in [0.25, 0.3) is 0 Å². The third-order valence-corrected chi connectivity index (χ3v) is 4.42. The Morgan fingerprint density at radius 3 is 2.58 bits per heavy atom. The Morgan fingerprint density at radius 2 is 1.92 bits per heavy atom. The number of hydrogen-bond acceptors (Lipinski definition) is 2. The number of nitrogens with one attached hydrogen (secondary N) is 2. The highest BCUT2D eigenvalue weighted by atomic mass is 127. The van der Waals surface area contributed by atoms with E-state index in [0.29, 0.717) is 31.0 Å². The molecule has 2 rings (SSSR count). The van der Waals surface area contributed by atoms with E-state index in [9.17, 15) is 9.50 Å². The second kappa shape index (κ2) is 12.2. The van der Waals surface area contributed by atoms with Gasteiger partial charge in [0.2, 0.25) is 0 Å². The minimum Gasteiger partial charge on any atom is -0.396 e. The highest BCUT2D eigenvalue weighted by Gasteiger charge is 2.11. The van der Waals surface area contributed by atoms with Crippen LogP contribution >= 0.6 is 39.9 Å². The predicted octanol–water partition coefficient (Wildman–Crippen LogP) is 3.69. The van der Waals surface area contributed by atoms with Crippen LogP contribution in [0.4, 0.5) is 4.39 Å². The molecule has 0 fully saturated rings. The maximum atomic E-state index is 13.7. The molecule has 0 amide bonds. The summed E-state index contributed by atoms with van der Waals surface area (Å²) in [5.41, 5.74) is 1.72. The van der Waals surface area contributed by atoms with Crippen LogP contribution in [0.5, 0.6) is 0 Å². The molecular formula is C19H24BrFIN3O. The fourth-order valence-electron chi connectivity index (χ4n) is 2.50. The molecule has 4 nitrogen and oxygen atoms in total. The molecule has 0 aliphatic carbocycles. The van der Waals surface area contributed by atoms with E-state index in [1.807, 2.05) is 30.3 Å². The smallest absolute Gasteiger partial charge is 0.191 e. The lowest BCUT2D eigenvalue weighted by Gasteiger charge is -2.18. The molecule has 2 aromatic carbocycles. The highest BCUT2D eigenvalue weighted by Crippen LogP contribution is 2.16. The zero-order valence-corrected chi connectivity index (χ0v) is 18.5. The molecule has 3 N–H and O–H groups in total. The molecule has 0 aliphatic heterocycles. The summed E-state index contributed by atoms with van der Waals surface area (Å²) in [5, 5.41) is 16.0. The lowest BCUT2D eigenvalue weighted by atomic mass is 10.0.